The number of nitrogens with zero attached hydrogens (tertiary/aromatic N) is 3. The molecule has 4 heteroatoms. The summed E-state index contributed by atoms with van der Waals surface area (Å²) in [6, 6.07) is 15.8. The zero-order chi connectivity index (χ0) is 14.9. The quantitative estimate of drug-likeness (QED) is 0.727. The van der Waals surface area contributed by atoms with Crippen molar-refractivity contribution in [2.45, 2.75) is 19.5 Å². The molecule has 4 nitrogen and oxygen atoms in total. The lowest BCUT2D eigenvalue weighted by atomic mass is 10.00. The minimum absolute atomic E-state index is 0.0157. The highest BCUT2D eigenvalue weighted by atomic mass is 16.1. The van der Waals surface area contributed by atoms with Crippen molar-refractivity contribution in [2.24, 2.45) is 0 Å². The Kier molecular flexibility index (Phi) is 3.24. The molecule has 0 saturated carbocycles. The van der Waals surface area contributed by atoms with Crippen LogP contribution in [0.1, 0.15) is 16.8 Å². The van der Waals surface area contributed by atoms with Crippen LogP contribution in [0.25, 0.3) is 5.65 Å². The first-order valence-electron chi connectivity index (χ1n) is 7.56. The molecular formula is C18H17N3O. The highest BCUT2D eigenvalue weighted by Crippen LogP contribution is 2.19. The Bertz CT molecular complexity index is 885. The number of aromatic nitrogens is 2. The lowest BCUT2D eigenvalue weighted by Crippen LogP contribution is -2.31. The Morgan fingerprint density at radius 2 is 1.86 bits per heavy atom. The van der Waals surface area contributed by atoms with E-state index < -0.39 is 0 Å². The second-order valence-corrected chi connectivity index (χ2v) is 5.74. The van der Waals surface area contributed by atoms with E-state index in [0.29, 0.717) is 5.65 Å². The summed E-state index contributed by atoms with van der Waals surface area (Å²) in [6.45, 7) is 2.65. The van der Waals surface area contributed by atoms with E-state index in [1.54, 1.807) is 16.7 Å². The van der Waals surface area contributed by atoms with Crippen LogP contribution in [0.2, 0.25) is 0 Å². The van der Waals surface area contributed by atoms with Crippen molar-refractivity contribution in [1.82, 2.24) is 14.3 Å². The molecule has 0 radical (unpaired) electrons. The number of pyridine rings is 1. The molecule has 0 bridgehead atoms. The molecule has 4 rings (SSSR count). The van der Waals surface area contributed by atoms with Crippen molar-refractivity contribution in [2.75, 3.05) is 6.54 Å². The van der Waals surface area contributed by atoms with Crippen LogP contribution in [0.4, 0.5) is 0 Å². The van der Waals surface area contributed by atoms with Crippen molar-refractivity contribution in [3.8, 4) is 0 Å². The van der Waals surface area contributed by atoms with Gasteiger partial charge in [0.2, 0.25) is 0 Å². The fourth-order valence-electron chi connectivity index (χ4n) is 3.10. The van der Waals surface area contributed by atoms with E-state index in [2.05, 4.69) is 34.1 Å². The molecule has 0 N–H and O–H groups in total. The lowest BCUT2D eigenvalue weighted by molar-refractivity contribution is 0.242. The summed E-state index contributed by atoms with van der Waals surface area (Å²) in [5, 5.41) is 0. The monoisotopic (exact) mass is 291 g/mol. The summed E-state index contributed by atoms with van der Waals surface area (Å²) in [4.78, 5) is 19.1. The van der Waals surface area contributed by atoms with Crippen molar-refractivity contribution in [1.29, 1.82) is 0 Å². The van der Waals surface area contributed by atoms with E-state index in [1.165, 1.54) is 11.1 Å². The van der Waals surface area contributed by atoms with Gasteiger partial charge in [0, 0.05) is 31.9 Å². The zero-order valence-corrected chi connectivity index (χ0v) is 12.3. The van der Waals surface area contributed by atoms with Crippen molar-refractivity contribution < 1.29 is 0 Å². The van der Waals surface area contributed by atoms with Gasteiger partial charge in [-0.3, -0.25) is 14.1 Å². The van der Waals surface area contributed by atoms with Crippen molar-refractivity contribution >= 4 is 5.65 Å². The summed E-state index contributed by atoms with van der Waals surface area (Å²) in [7, 11) is 0. The Morgan fingerprint density at radius 3 is 2.77 bits per heavy atom. The Labute approximate surface area is 128 Å². The molecule has 0 saturated heterocycles. The molecule has 3 heterocycles. The minimum atomic E-state index is -0.0157. The van der Waals surface area contributed by atoms with Gasteiger partial charge in [0.1, 0.15) is 5.65 Å². The summed E-state index contributed by atoms with van der Waals surface area (Å²) >= 11 is 0. The van der Waals surface area contributed by atoms with Gasteiger partial charge in [0.25, 0.3) is 5.56 Å². The number of hydrogen-bond acceptors (Lipinski definition) is 3. The van der Waals surface area contributed by atoms with E-state index in [9.17, 15) is 4.79 Å². The summed E-state index contributed by atoms with van der Waals surface area (Å²) < 4.78 is 1.58. The predicted octanol–water partition coefficient (Wildman–Crippen LogP) is 2.25. The molecule has 22 heavy (non-hydrogen) atoms. The average molecular weight is 291 g/mol. The van der Waals surface area contributed by atoms with E-state index >= 15 is 0 Å². The van der Waals surface area contributed by atoms with Gasteiger partial charge in [-0.2, -0.15) is 0 Å². The topological polar surface area (TPSA) is 37.6 Å². The van der Waals surface area contributed by atoms with Gasteiger partial charge in [-0.15, -0.1) is 0 Å². The second-order valence-electron chi connectivity index (χ2n) is 5.74. The van der Waals surface area contributed by atoms with Gasteiger partial charge < -0.3 is 0 Å². The molecule has 110 valence electrons. The number of benzene rings is 1. The van der Waals surface area contributed by atoms with E-state index in [4.69, 9.17) is 0 Å². The fourth-order valence-corrected chi connectivity index (χ4v) is 3.10. The van der Waals surface area contributed by atoms with Crippen LogP contribution in [0.15, 0.2) is 59.5 Å². The predicted molar refractivity (Wildman–Crippen MR) is 85.7 cm³/mol. The molecule has 0 aliphatic carbocycles. The Hall–Kier alpha value is -2.46. The summed E-state index contributed by atoms with van der Waals surface area (Å²) in [5.41, 5.74) is 4.35. The minimum Gasteiger partial charge on any atom is -0.293 e. The van der Waals surface area contributed by atoms with Crippen LogP contribution < -0.4 is 5.56 Å². The maximum absolute atomic E-state index is 12.1. The molecule has 1 aromatic carbocycles. The maximum atomic E-state index is 12.1. The molecule has 0 atom stereocenters. The first-order chi connectivity index (χ1) is 10.8. The largest absolute Gasteiger partial charge is 0.293 e. The normalized spacial score (nSPS) is 14.9. The smallest absolute Gasteiger partial charge is 0.258 e. The highest BCUT2D eigenvalue weighted by molar-refractivity contribution is 5.38. The van der Waals surface area contributed by atoms with E-state index in [-0.39, 0.29) is 5.56 Å². The zero-order valence-electron chi connectivity index (χ0n) is 12.3. The van der Waals surface area contributed by atoms with Gasteiger partial charge in [-0.1, -0.05) is 30.3 Å². The molecule has 0 amide bonds. The molecule has 3 aromatic rings. The van der Waals surface area contributed by atoms with Crippen LogP contribution in [0, 0.1) is 0 Å². The fraction of sp³-hybridized carbons (Fsp3) is 0.222. The molecule has 0 spiro atoms. The molecule has 1 aliphatic rings. The first kappa shape index (κ1) is 13.2. The SMILES string of the molecule is O=c1cc(CN2CCc3ccccc3C2)nc2ccccn12. The van der Waals surface area contributed by atoms with Crippen molar-refractivity contribution in [3.63, 3.8) is 0 Å². The Balaban J connectivity index is 1.61. The molecule has 0 unspecified atom stereocenters. The number of hydrogen-bond donors (Lipinski definition) is 0. The van der Waals surface area contributed by atoms with Gasteiger partial charge >= 0.3 is 0 Å². The van der Waals surface area contributed by atoms with Crippen LogP contribution in [0.3, 0.4) is 0 Å². The maximum Gasteiger partial charge on any atom is 0.258 e. The van der Waals surface area contributed by atoms with Gasteiger partial charge in [-0.05, 0) is 29.7 Å². The van der Waals surface area contributed by atoms with Crippen LogP contribution in [0.5, 0.6) is 0 Å². The van der Waals surface area contributed by atoms with E-state index in [1.807, 2.05) is 18.2 Å². The van der Waals surface area contributed by atoms with Crippen LogP contribution in [-0.2, 0) is 19.5 Å². The molecular weight excluding hydrogens is 274 g/mol. The van der Waals surface area contributed by atoms with E-state index in [0.717, 1.165) is 31.7 Å². The third-order valence-electron chi connectivity index (χ3n) is 4.22. The highest BCUT2D eigenvalue weighted by Gasteiger charge is 2.16. The lowest BCUT2D eigenvalue weighted by Gasteiger charge is -2.28. The van der Waals surface area contributed by atoms with Gasteiger partial charge in [0.15, 0.2) is 0 Å². The Morgan fingerprint density at radius 1 is 1.05 bits per heavy atom. The third-order valence-corrected chi connectivity index (χ3v) is 4.22. The number of fused-ring (bicyclic) bond motifs is 2. The third kappa shape index (κ3) is 2.42. The van der Waals surface area contributed by atoms with Crippen LogP contribution in [-0.4, -0.2) is 20.8 Å². The standard InChI is InChI=1S/C18H17N3O/c22-18-11-16(19-17-7-3-4-9-21(17)18)13-20-10-8-14-5-1-2-6-15(14)12-20/h1-7,9,11H,8,10,12-13H2. The number of rotatable bonds is 2. The van der Waals surface area contributed by atoms with Gasteiger partial charge in [-0.25, -0.2) is 4.98 Å². The molecule has 2 aromatic heterocycles. The first-order valence-corrected chi connectivity index (χ1v) is 7.56. The summed E-state index contributed by atoms with van der Waals surface area (Å²) in [5.74, 6) is 0. The second kappa shape index (κ2) is 5.39. The average Bonchev–Trinajstić information content (AvgIpc) is 2.55. The van der Waals surface area contributed by atoms with Crippen LogP contribution >= 0.6 is 0 Å². The van der Waals surface area contributed by atoms with Gasteiger partial charge in [0.05, 0.1) is 5.69 Å². The van der Waals surface area contributed by atoms with Crippen molar-refractivity contribution in [3.05, 3.63) is 81.9 Å². The molecule has 0 fully saturated rings. The summed E-state index contributed by atoms with van der Waals surface area (Å²) in [6.07, 6.45) is 2.81. The molecule has 1 aliphatic heterocycles.